The van der Waals surface area contributed by atoms with Crippen LogP contribution in [0, 0.1) is 13.8 Å². The molecule has 1 unspecified atom stereocenters. The van der Waals surface area contributed by atoms with Crippen molar-refractivity contribution < 1.29 is 0 Å². The Labute approximate surface area is 391 Å². The zero-order chi connectivity index (χ0) is 46.4. The van der Waals surface area contributed by atoms with E-state index >= 15 is 0 Å². The van der Waals surface area contributed by atoms with Crippen LogP contribution in [0.1, 0.15) is 97.2 Å². The van der Waals surface area contributed by atoms with Gasteiger partial charge in [0.05, 0.1) is 0 Å². The second-order valence-electron chi connectivity index (χ2n) is 16.2. The Kier molecular flexibility index (Phi) is 19.4. The van der Waals surface area contributed by atoms with Gasteiger partial charge >= 0.3 is 0 Å². The number of nitrogens with zero attached hydrogens (tertiary/aromatic N) is 1. The van der Waals surface area contributed by atoms with Gasteiger partial charge in [-0.25, -0.2) is 0 Å². The van der Waals surface area contributed by atoms with E-state index in [0.717, 1.165) is 6.42 Å². The molecule has 2 aliphatic rings. The molecule has 0 N–H and O–H groups in total. The number of allylic oxidation sites excluding steroid dienone is 18. The molecule has 8 rings (SSSR count). The predicted molar refractivity (Wildman–Crippen MR) is 291 cm³/mol. The zero-order valence-electron chi connectivity index (χ0n) is 39.9. The highest BCUT2D eigenvalue weighted by Gasteiger charge is 2.13. The van der Waals surface area contributed by atoms with E-state index in [4.69, 9.17) is 0 Å². The van der Waals surface area contributed by atoms with E-state index in [0.29, 0.717) is 5.92 Å². The first-order chi connectivity index (χ1) is 31.7. The average molecular weight is 850 g/mol. The second kappa shape index (κ2) is 25.8. The van der Waals surface area contributed by atoms with Crippen LogP contribution in [0.5, 0.6) is 0 Å². The maximum atomic E-state index is 3.63. The Morgan fingerprint density at radius 1 is 0.708 bits per heavy atom. The molecule has 0 bridgehead atoms. The molecule has 0 fully saturated rings. The van der Waals surface area contributed by atoms with Gasteiger partial charge in [-0.1, -0.05) is 236 Å². The van der Waals surface area contributed by atoms with E-state index in [2.05, 4.69) is 248 Å². The third kappa shape index (κ3) is 14.4. The van der Waals surface area contributed by atoms with E-state index in [1.807, 2.05) is 43.4 Å². The van der Waals surface area contributed by atoms with Crippen molar-refractivity contribution in [2.45, 2.75) is 60.8 Å². The highest BCUT2D eigenvalue weighted by molar-refractivity contribution is 5.96. The number of aryl methyl sites for hydroxylation is 2. The van der Waals surface area contributed by atoms with Crippen LogP contribution in [0.2, 0.25) is 0 Å². The number of hydrogen-bond acceptors (Lipinski definition) is 0. The van der Waals surface area contributed by atoms with E-state index in [1.165, 1.54) is 83.4 Å². The molecule has 1 nitrogen and oxygen atoms in total. The van der Waals surface area contributed by atoms with Crippen molar-refractivity contribution in [3.63, 3.8) is 0 Å². The monoisotopic (exact) mass is 850 g/mol. The molecule has 0 saturated carbocycles. The first-order valence-electron chi connectivity index (χ1n) is 22.8. The summed E-state index contributed by atoms with van der Waals surface area (Å²) >= 11 is 0. The standard InChI is InChI=1S/C26H25N.C18H20.C13H14.C7H8/c1-5-9-24-19(3)27(4)26-15-14-22(17-25(24)26)21-12-8-11-20-10-6-7-13-23(20)18(2)16-21;1-4-7-8-9-11-16-12-14-18(15-13-16)17(6-3)10-5-2;1-11-7-9-13(10-8-11)12-5-3-2-4-6-12;1-7-5-3-2-4-6-7/h5-17H,1-4H3;4-15H,1H2,2-3H3;2-9,13H,10H2,1H3;2-6H,1H3/b9-5-,11-8-,12-8?,18-16+,20-11?,21-12+,21-16?,23-18?;8-7-,10-5-,11-9?,17-6+;;. The molecule has 1 heteroatoms. The minimum absolute atomic E-state index is 0.588. The molecule has 2 aliphatic carbocycles. The third-order valence-electron chi connectivity index (χ3n) is 11.5. The summed E-state index contributed by atoms with van der Waals surface area (Å²) < 4.78 is 2.28. The molecule has 328 valence electrons. The summed E-state index contributed by atoms with van der Waals surface area (Å²) in [6.07, 6.45) is 37.2. The molecule has 65 heavy (non-hydrogen) atoms. The molecule has 0 saturated heterocycles. The van der Waals surface area contributed by atoms with Gasteiger partial charge in [-0.15, -0.1) is 0 Å². The summed E-state index contributed by atoms with van der Waals surface area (Å²) in [6.45, 7) is 18.4. The Morgan fingerprint density at radius 3 is 2.05 bits per heavy atom. The molecular formula is C64H67N. The van der Waals surface area contributed by atoms with Gasteiger partial charge < -0.3 is 4.57 Å². The molecule has 1 heterocycles. The quantitative estimate of drug-likeness (QED) is 0.135. The number of aromatic nitrogens is 1. The van der Waals surface area contributed by atoms with Crippen molar-refractivity contribution in [3.8, 4) is 0 Å². The van der Waals surface area contributed by atoms with Gasteiger partial charge in [0.1, 0.15) is 0 Å². The lowest BCUT2D eigenvalue weighted by atomic mass is 9.91. The normalized spacial score (nSPS) is 16.7. The number of fused-ring (bicyclic) bond motifs is 2. The van der Waals surface area contributed by atoms with E-state index in [1.54, 1.807) is 6.08 Å². The van der Waals surface area contributed by atoms with E-state index in [9.17, 15) is 0 Å². The maximum Gasteiger partial charge on any atom is 0.0486 e. The zero-order valence-corrected chi connectivity index (χ0v) is 39.9. The molecule has 6 aromatic rings. The lowest BCUT2D eigenvalue weighted by molar-refractivity contribution is 0.845. The summed E-state index contributed by atoms with van der Waals surface area (Å²) in [5.74, 6) is 0.588. The van der Waals surface area contributed by atoms with Crippen LogP contribution in [0.25, 0.3) is 45.9 Å². The van der Waals surface area contributed by atoms with Crippen LogP contribution in [0.3, 0.4) is 0 Å². The van der Waals surface area contributed by atoms with Gasteiger partial charge in [0.25, 0.3) is 0 Å². The van der Waals surface area contributed by atoms with Crippen LogP contribution in [0.15, 0.2) is 225 Å². The molecule has 1 atom stereocenters. The first-order valence-corrected chi connectivity index (χ1v) is 22.8. The van der Waals surface area contributed by atoms with Gasteiger partial charge in [-0.05, 0) is 117 Å². The molecule has 0 aliphatic heterocycles. The largest absolute Gasteiger partial charge is 0.347 e. The van der Waals surface area contributed by atoms with Gasteiger partial charge in [0.15, 0.2) is 0 Å². The summed E-state index contributed by atoms with van der Waals surface area (Å²) in [6, 6.07) is 44.9. The minimum Gasteiger partial charge on any atom is -0.347 e. The predicted octanol–water partition coefficient (Wildman–Crippen LogP) is 18.1. The van der Waals surface area contributed by atoms with Crippen molar-refractivity contribution in [2.24, 2.45) is 7.05 Å². The van der Waals surface area contributed by atoms with Crippen LogP contribution < -0.4 is 0 Å². The van der Waals surface area contributed by atoms with Gasteiger partial charge in [0, 0.05) is 35.1 Å². The smallest absolute Gasteiger partial charge is 0.0486 e. The lowest BCUT2D eigenvalue weighted by Crippen LogP contribution is -1.96. The first kappa shape index (κ1) is 48.8. The number of rotatable bonds is 8. The summed E-state index contributed by atoms with van der Waals surface area (Å²) in [5, 5.41) is 1.31. The molecular weight excluding hydrogens is 783 g/mol. The van der Waals surface area contributed by atoms with Crippen molar-refractivity contribution >= 4 is 45.9 Å². The highest BCUT2D eigenvalue weighted by atomic mass is 14.9. The fourth-order valence-electron chi connectivity index (χ4n) is 7.80. The summed E-state index contributed by atoms with van der Waals surface area (Å²) in [5.41, 5.74) is 18.1. The molecule has 5 aromatic carbocycles. The number of benzene rings is 5. The maximum absolute atomic E-state index is 3.63. The fraction of sp³-hybridized carbons (Fsp3) is 0.156. The van der Waals surface area contributed by atoms with Gasteiger partial charge in [0.2, 0.25) is 0 Å². The van der Waals surface area contributed by atoms with Crippen LogP contribution in [-0.4, -0.2) is 4.57 Å². The van der Waals surface area contributed by atoms with Crippen molar-refractivity contribution in [1.29, 1.82) is 0 Å². The Bertz CT molecular complexity index is 2780. The Hall–Kier alpha value is -7.22. The molecule has 1 aromatic heterocycles. The highest BCUT2D eigenvalue weighted by Crippen LogP contribution is 2.33. The van der Waals surface area contributed by atoms with E-state index < -0.39 is 0 Å². The Morgan fingerprint density at radius 2 is 1.42 bits per heavy atom. The van der Waals surface area contributed by atoms with Crippen LogP contribution in [-0.2, 0) is 7.05 Å². The molecule has 0 radical (unpaired) electrons. The fourth-order valence-corrected chi connectivity index (χ4v) is 7.80. The summed E-state index contributed by atoms with van der Waals surface area (Å²) in [7, 11) is 2.14. The van der Waals surface area contributed by atoms with Crippen molar-refractivity contribution in [3.05, 3.63) is 275 Å². The lowest BCUT2D eigenvalue weighted by Gasteiger charge is -2.14. The van der Waals surface area contributed by atoms with Crippen LogP contribution >= 0.6 is 0 Å². The minimum atomic E-state index is 0.588. The molecule has 0 spiro atoms. The van der Waals surface area contributed by atoms with Gasteiger partial charge in [-0.2, -0.15) is 0 Å². The van der Waals surface area contributed by atoms with Crippen molar-refractivity contribution in [1.82, 2.24) is 4.57 Å². The SMILES string of the molecule is C/C=C\c1c(C)n(C)c2ccc(C3=C/C=C\c4ccccc4\C(C)=C\3)cc12.C=C/C=C\C=Cc1ccc(C(/C=C\C)=C/C)cc1.CC1=CCC(c2ccccc2)C=C1.Cc1ccccc1. The molecule has 0 amide bonds. The van der Waals surface area contributed by atoms with E-state index in [-0.39, 0.29) is 0 Å². The van der Waals surface area contributed by atoms with Gasteiger partial charge in [-0.3, -0.25) is 0 Å². The Balaban J connectivity index is 0.000000180. The summed E-state index contributed by atoms with van der Waals surface area (Å²) in [4.78, 5) is 0. The average Bonchev–Trinajstić information content (AvgIpc) is 3.57. The number of hydrogen-bond donors (Lipinski definition) is 0. The third-order valence-corrected chi connectivity index (χ3v) is 11.5. The topological polar surface area (TPSA) is 4.93 Å². The van der Waals surface area contributed by atoms with Crippen LogP contribution in [0.4, 0.5) is 0 Å². The second-order valence-corrected chi connectivity index (χ2v) is 16.2. The van der Waals surface area contributed by atoms with Crippen molar-refractivity contribution in [2.75, 3.05) is 0 Å².